The van der Waals surface area contributed by atoms with Crippen molar-refractivity contribution in [3.8, 4) is 17.6 Å². The minimum absolute atomic E-state index is 0.0272. The molecule has 0 saturated heterocycles. The van der Waals surface area contributed by atoms with Gasteiger partial charge in [-0.1, -0.05) is 12.1 Å². The first-order valence-electron chi connectivity index (χ1n) is 9.30. The average Bonchev–Trinajstić information content (AvgIpc) is 3.17. The van der Waals surface area contributed by atoms with E-state index in [9.17, 15) is 9.50 Å². The molecule has 0 saturated carbocycles. The van der Waals surface area contributed by atoms with Crippen molar-refractivity contribution in [2.75, 3.05) is 0 Å². The van der Waals surface area contributed by atoms with Crippen LogP contribution in [0.2, 0.25) is 0 Å². The maximum atomic E-state index is 13.2. The second-order valence-electron chi connectivity index (χ2n) is 6.86. The van der Waals surface area contributed by atoms with Crippen molar-refractivity contribution in [2.24, 2.45) is 0 Å². The summed E-state index contributed by atoms with van der Waals surface area (Å²) < 4.78 is 20.8. The number of hydrogen-bond donors (Lipinski definition) is 1. The molecule has 1 N–H and O–H groups in total. The van der Waals surface area contributed by atoms with Crippen LogP contribution in [-0.2, 0) is 0 Å². The highest BCUT2D eigenvalue weighted by molar-refractivity contribution is 5.82. The van der Waals surface area contributed by atoms with Gasteiger partial charge in [-0.25, -0.2) is 4.39 Å². The molecule has 0 aliphatic heterocycles. The first-order chi connectivity index (χ1) is 14.6. The number of benzene rings is 2. The van der Waals surface area contributed by atoms with Gasteiger partial charge in [0.25, 0.3) is 0 Å². The molecule has 0 spiro atoms. The topological polar surface area (TPSA) is 86.0 Å². The van der Waals surface area contributed by atoms with Crippen molar-refractivity contribution in [1.82, 2.24) is 24.7 Å². The first kappa shape index (κ1) is 18.0. The summed E-state index contributed by atoms with van der Waals surface area (Å²) in [6, 6.07) is 13.5. The van der Waals surface area contributed by atoms with E-state index in [2.05, 4.69) is 20.1 Å². The summed E-state index contributed by atoms with van der Waals surface area (Å²) in [5, 5.41) is 16.0. The standard InChI is InChI=1S/C22H16FN5O2/c1-13(14-2-4-16(23)5-3-14)28-20-7-6-17(10-15(20)11-25-28)30-22-26-19-12-24-9-8-18(19)21(29)27-22/h2-13H,1H3,(H,26,27,29). The van der Waals surface area contributed by atoms with E-state index in [0.717, 1.165) is 16.5 Å². The van der Waals surface area contributed by atoms with Crippen LogP contribution in [0, 0.1) is 5.82 Å². The minimum atomic E-state index is -0.268. The van der Waals surface area contributed by atoms with E-state index < -0.39 is 0 Å². The quantitative estimate of drug-likeness (QED) is 0.473. The van der Waals surface area contributed by atoms with Gasteiger partial charge in [0.2, 0.25) is 5.88 Å². The number of halogens is 1. The normalized spacial score (nSPS) is 12.3. The maximum absolute atomic E-state index is 13.2. The van der Waals surface area contributed by atoms with Crippen LogP contribution in [-0.4, -0.2) is 29.8 Å². The van der Waals surface area contributed by atoms with Gasteiger partial charge in [0.1, 0.15) is 11.6 Å². The summed E-state index contributed by atoms with van der Waals surface area (Å²) in [4.78, 5) is 12.3. The molecule has 1 atom stereocenters. The zero-order chi connectivity index (χ0) is 20.7. The van der Waals surface area contributed by atoms with Crippen molar-refractivity contribution in [2.45, 2.75) is 13.0 Å². The van der Waals surface area contributed by atoms with Crippen LogP contribution in [0.25, 0.3) is 21.8 Å². The third-order valence-corrected chi connectivity index (χ3v) is 4.95. The van der Waals surface area contributed by atoms with E-state index in [1.165, 1.54) is 18.3 Å². The summed E-state index contributed by atoms with van der Waals surface area (Å²) in [7, 11) is 0. The molecular weight excluding hydrogens is 385 g/mol. The summed E-state index contributed by atoms with van der Waals surface area (Å²) in [5.41, 5.74) is 2.35. The number of aromatic hydroxyl groups is 1. The first-order valence-corrected chi connectivity index (χ1v) is 9.30. The van der Waals surface area contributed by atoms with E-state index in [1.54, 1.807) is 36.7 Å². The van der Waals surface area contributed by atoms with E-state index in [1.807, 2.05) is 23.7 Å². The molecule has 30 heavy (non-hydrogen) atoms. The van der Waals surface area contributed by atoms with Crippen LogP contribution in [0.3, 0.4) is 0 Å². The molecule has 148 valence electrons. The average molecular weight is 401 g/mol. The highest BCUT2D eigenvalue weighted by Gasteiger charge is 2.14. The molecule has 0 bridgehead atoms. The lowest BCUT2D eigenvalue weighted by molar-refractivity contribution is 0.412. The number of nitrogens with zero attached hydrogens (tertiary/aromatic N) is 5. The SMILES string of the molecule is CC(c1ccc(F)cc1)n1ncc2cc(Oc3nc(O)c4ccncc4n3)ccc21. The molecule has 0 fully saturated rings. The van der Waals surface area contributed by atoms with Crippen molar-refractivity contribution >= 4 is 21.8 Å². The van der Waals surface area contributed by atoms with E-state index >= 15 is 0 Å². The second-order valence-corrected chi connectivity index (χ2v) is 6.86. The Kier molecular flexibility index (Phi) is 4.24. The summed E-state index contributed by atoms with van der Waals surface area (Å²) in [5.74, 6) is 0.0781. The van der Waals surface area contributed by atoms with Gasteiger partial charge in [0.05, 0.1) is 34.9 Å². The zero-order valence-electron chi connectivity index (χ0n) is 15.9. The van der Waals surface area contributed by atoms with Gasteiger partial charge in [-0.05, 0) is 48.9 Å². The van der Waals surface area contributed by atoms with Gasteiger partial charge in [0, 0.05) is 11.6 Å². The van der Waals surface area contributed by atoms with Crippen molar-refractivity contribution in [1.29, 1.82) is 0 Å². The van der Waals surface area contributed by atoms with Crippen LogP contribution in [0.4, 0.5) is 4.39 Å². The molecule has 0 amide bonds. The molecule has 0 aliphatic carbocycles. The smallest absolute Gasteiger partial charge is 0.325 e. The van der Waals surface area contributed by atoms with Crippen molar-refractivity contribution < 1.29 is 14.2 Å². The second kappa shape index (κ2) is 7.07. The van der Waals surface area contributed by atoms with Crippen molar-refractivity contribution in [3.05, 3.63) is 78.5 Å². The predicted octanol–water partition coefficient (Wildman–Crippen LogP) is 4.62. The van der Waals surface area contributed by atoms with E-state index in [4.69, 9.17) is 4.74 Å². The molecule has 2 aromatic carbocycles. The Balaban J connectivity index is 1.46. The summed E-state index contributed by atoms with van der Waals surface area (Å²) >= 11 is 0. The van der Waals surface area contributed by atoms with Crippen LogP contribution < -0.4 is 4.74 Å². The van der Waals surface area contributed by atoms with Gasteiger partial charge in [-0.2, -0.15) is 15.1 Å². The monoisotopic (exact) mass is 401 g/mol. The van der Waals surface area contributed by atoms with Crippen LogP contribution in [0.15, 0.2) is 67.1 Å². The fraction of sp³-hybridized carbons (Fsp3) is 0.0909. The Labute approximate surface area is 170 Å². The molecule has 7 nitrogen and oxygen atoms in total. The Bertz CT molecular complexity index is 1370. The molecule has 3 heterocycles. The lowest BCUT2D eigenvalue weighted by Crippen LogP contribution is -2.08. The molecular formula is C22H16FN5O2. The summed E-state index contributed by atoms with van der Waals surface area (Å²) in [6.45, 7) is 2.00. The molecule has 8 heteroatoms. The number of fused-ring (bicyclic) bond motifs is 2. The molecule has 0 radical (unpaired) electrons. The number of ether oxygens (including phenoxy) is 1. The van der Waals surface area contributed by atoms with Crippen molar-refractivity contribution in [3.63, 3.8) is 0 Å². The molecule has 5 rings (SSSR count). The number of pyridine rings is 1. The van der Waals surface area contributed by atoms with Crippen LogP contribution in [0.5, 0.6) is 17.6 Å². The molecule has 3 aromatic heterocycles. The predicted molar refractivity (Wildman–Crippen MR) is 109 cm³/mol. The van der Waals surface area contributed by atoms with E-state index in [-0.39, 0.29) is 23.7 Å². The van der Waals surface area contributed by atoms with Gasteiger partial charge in [-0.15, -0.1) is 0 Å². The fourth-order valence-electron chi connectivity index (χ4n) is 3.38. The highest BCUT2D eigenvalue weighted by Crippen LogP contribution is 2.29. The third kappa shape index (κ3) is 3.18. The molecule has 1 unspecified atom stereocenters. The highest BCUT2D eigenvalue weighted by atomic mass is 19.1. The Hall–Kier alpha value is -4.07. The lowest BCUT2D eigenvalue weighted by atomic mass is 10.1. The lowest BCUT2D eigenvalue weighted by Gasteiger charge is -2.14. The molecule has 5 aromatic rings. The Morgan fingerprint density at radius 1 is 1.03 bits per heavy atom. The van der Waals surface area contributed by atoms with Gasteiger partial charge >= 0.3 is 6.01 Å². The Morgan fingerprint density at radius 2 is 1.87 bits per heavy atom. The fourth-order valence-corrected chi connectivity index (χ4v) is 3.38. The number of aromatic nitrogens is 5. The van der Waals surface area contributed by atoms with Gasteiger partial charge in [0.15, 0.2) is 0 Å². The largest absolute Gasteiger partial charge is 0.493 e. The third-order valence-electron chi connectivity index (χ3n) is 4.95. The van der Waals surface area contributed by atoms with Crippen LogP contribution >= 0.6 is 0 Å². The minimum Gasteiger partial charge on any atom is -0.493 e. The van der Waals surface area contributed by atoms with Crippen LogP contribution in [0.1, 0.15) is 18.5 Å². The zero-order valence-corrected chi connectivity index (χ0v) is 15.9. The van der Waals surface area contributed by atoms with Gasteiger partial charge < -0.3 is 9.84 Å². The Morgan fingerprint density at radius 3 is 2.70 bits per heavy atom. The van der Waals surface area contributed by atoms with Gasteiger partial charge in [-0.3, -0.25) is 9.67 Å². The van der Waals surface area contributed by atoms with E-state index in [0.29, 0.717) is 16.7 Å². The maximum Gasteiger partial charge on any atom is 0.325 e. The molecule has 0 aliphatic rings. The summed E-state index contributed by atoms with van der Waals surface area (Å²) in [6.07, 6.45) is 4.84. The number of hydrogen-bond acceptors (Lipinski definition) is 6. The number of rotatable bonds is 4.